The van der Waals surface area contributed by atoms with Gasteiger partial charge in [0.05, 0.1) is 22.5 Å². The number of carbonyl (C=O) groups is 1. The maximum absolute atomic E-state index is 13.1. The number of hydrogen-bond donors (Lipinski definition) is 2. The van der Waals surface area contributed by atoms with Crippen LogP contribution in [0.3, 0.4) is 0 Å². The molecule has 2 N–H and O–H groups in total. The number of nitrogens with one attached hydrogen (secondary N) is 2. The second kappa shape index (κ2) is 12.5. The summed E-state index contributed by atoms with van der Waals surface area (Å²) in [5, 5.41) is 9.61. The Hall–Kier alpha value is -2.75. The molecule has 3 aromatic rings. The Labute approximate surface area is 216 Å². The van der Waals surface area contributed by atoms with Gasteiger partial charge in [0.25, 0.3) is 5.91 Å². The Morgan fingerprint density at radius 3 is 2.78 bits per heavy atom. The summed E-state index contributed by atoms with van der Waals surface area (Å²) in [4.78, 5) is 27.7. The van der Waals surface area contributed by atoms with Crippen LogP contribution in [0.25, 0.3) is 0 Å². The van der Waals surface area contributed by atoms with Crippen LogP contribution in [0.1, 0.15) is 28.3 Å². The van der Waals surface area contributed by atoms with Crippen molar-refractivity contribution in [2.45, 2.75) is 37.1 Å². The van der Waals surface area contributed by atoms with Crippen LogP contribution in [0.4, 0.5) is 5.13 Å². The molecule has 0 spiro atoms. The highest BCUT2D eigenvalue weighted by Gasteiger charge is 2.22. The zero-order valence-electron chi connectivity index (χ0n) is 19.4. The van der Waals surface area contributed by atoms with Gasteiger partial charge in [-0.15, -0.1) is 11.3 Å². The molecule has 36 heavy (non-hydrogen) atoms. The van der Waals surface area contributed by atoms with Gasteiger partial charge in [-0.1, -0.05) is 28.6 Å². The Morgan fingerprint density at radius 2 is 2.08 bits per heavy atom. The van der Waals surface area contributed by atoms with Crippen molar-refractivity contribution in [3.8, 4) is 0 Å². The van der Waals surface area contributed by atoms with E-state index in [4.69, 9.17) is 14.3 Å². The highest BCUT2D eigenvalue weighted by atomic mass is 32.2. The molecule has 0 saturated carbocycles. The lowest BCUT2D eigenvalue weighted by Crippen LogP contribution is -2.31. The fourth-order valence-corrected chi connectivity index (χ4v) is 5.68. The van der Waals surface area contributed by atoms with Crippen LogP contribution in [0.2, 0.25) is 0 Å². The summed E-state index contributed by atoms with van der Waals surface area (Å²) >= 11 is 2.67. The number of ether oxygens (including phenoxy) is 2. The molecule has 1 fully saturated rings. The lowest BCUT2D eigenvalue weighted by atomic mass is 10.1. The average molecular weight is 552 g/mol. The van der Waals surface area contributed by atoms with Crippen molar-refractivity contribution in [2.75, 3.05) is 25.6 Å². The molecule has 11 nitrogen and oxygen atoms in total. The summed E-state index contributed by atoms with van der Waals surface area (Å²) < 4.78 is 38.5. The molecule has 1 saturated heterocycles. The van der Waals surface area contributed by atoms with Crippen molar-refractivity contribution in [1.82, 2.24) is 14.7 Å². The third kappa shape index (κ3) is 7.15. The average Bonchev–Trinajstić information content (AvgIpc) is 3.65. The number of anilines is 1. The maximum Gasteiger partial charge on any atom is 0.280 e. The predicted molar refractivity (Wildman–Crippen MR) is 136 cm³/mol. The summed E-state index contributed by atoms with van der Waals surface area (Å²) in [5.74, 6) is -0.556. The lowest BCUT2D eigenvalue weighted by Gasteiger charge is -2.12. The highest BCUT2D eigenvalue weighted by Crippen LogP contribution is 2.20. The number of oxime groups is 1. The van der Waals surface area contributed by atoms with E-state index in [1.54, 1.807) is 19.5 Å². The fourth-order valence-electron chi connectivity index (χ4n) is 3.32. The van der Waals surface area contributed by atoms with Gasteiger partial charge in [-0.2, -0.15) is 0 Å². The summed E-state index contributed by atoms with van der Waals surface area (Å²) in [6.07, 6.45) is 4.88. The number of methoxy groups -OCH3 is 1. The summed E-state index contributed by atoms with van der Waals surface area (Å²) in [5.41, 5.74) is 0.338. The Balaban J connectivity index is 1.49. The van der Waals surface area contributed by atoms with Crippen LogP contribution in [-0.2, 0) is 42.3 Å². The van der Waals surface area contributed by atoms with Gasteiger partial charge < -0.3 is 14.3 Å². The van der Waals surface area contributed by atoms with Gasteiger partial charge in [0.15, 0.2) is 17.5 Å². The van der Waals surface area contributed by atoms with E-state index in [0.717, 1.165) is 17.7 Å². The standard InChI is InChI=1S/C22H25N5O6S3/c1-31-13-17-12-24-22(35-17)26-21(28)20(27-33-14-19-23-8-10-34-19)15-4-6-18(7-5-15)36(29,30)25-11-16-3-2-9-32-16/h4-8,10,12,16,25H,2-3,9,11,13-14H2,1H3,(H,24,26,28)/t16-/m1/s1. The molecule has 4 rings (SSSR count). The predicted octanol–water partition coefficient (Wildman–Crippen LogP) is 2.76. The number of hydrogen-bond acceptors (Lipinski definition) is 11. The summed E-state index contributed by atoms with van der Waals surface area (Å²) in [6, 6.07) is 5.84. The van der Waals surface area contributed by atoms with Gasteiger partial charge in [0.1, 0.15) is 5.01 Å². The molecule has 0 aliphatic carbocycles. The molecule has 0 bridgehead atoms. The first-order valence-electron chi connectivity index (χ1n) is 11.0. The number of thiazole rings is 2. The number of nitrogens with zero attached hydrogens (tertiary/aromatic N) is 3. The fraction of sp³-hybridized carbons (Fsp3) is 0.364. The van der Waals surface area contributed by atoms with E-state index < -0.39 is 15.9 Å². The van der Waals surface area contributed by atoms with E-state index >= 15 is 0 Å². The molecule has 2 aromatic heterocycles. The first kappa shape index (κ1) is 26.3. The second-order valence-electron chi connectivity index (χ2n) is 7.67. The Kier molecular flexibility index (Phi) is 9.12. The third-order valence-electron chi connectivity index (χ3n) is 5.07. The minimum atomic E-state index is -3.74. The molecular weight excluding hydrogens is 526 g/mol. The van der Waals surface area contributed by atoms with E-state index in [2.05, 4.69) is 25.2 Å². The van der Waals surface area contributed by atoms with Crippen molar-refractivity contribution < 1.29 is 27.5 Å². The van der Waals surface area contributed by atoms with Crippen LogP contribution in [0.15, 0.2) is 52.1 Å². The van der Waals surface area contributed by atoms with Crippen molar-refractivity contribution in [3.05, 3.63) is 57.5 Å². The van der Waals surface area contributed by atoms with Gasteiger partial charge in [-0.3, -0.25) is 10.1 Å². The molecule has 1 aliphatic rings. The Bertz CT molecular complexity index is 1270. The Morgan fingerprint density at radius 1 is 1.25 bits per heavy atom. The molecule has 0 radical (unpaired) electrons. The SMILES string of the molecule is COCc1cnc(NC(=O)C(=NOCc2nccs2)c2ccc(S(=O)(=O)NC[C@H]3CCCO3)cc2)s1. The number of amides is 1. The van der Waals surface area contributed by atoms with Gasteiger partial charge in [0.2, 0.25) is 10.0 Å². The van der Waals surface area contributed by atoms with Crippen LogP contribution in [0.5, 0.6) is 0 Å². The molecule has 3 heterocycles. The van der Waals surface area contributed by atoms with Crippen LogP contribution in [-0.4, -0.2) is 56.4 Å². The highest BCUT2D eigenvalue weighted by molar-refractivity contribution is 7.89. The van der Waals surface area contributed by atoms with Gasteiger partial charge >= 0.3 is 0 Å². The molecule has 1 aliphatic heterocycles. The van der Waals surface area contributed by atoms with E-state index in [1.165, 1.54) is 46.9 Å². The van der Waals surface area contributed by atoms with Gasteiger partial charge in [-0.25, -0.2) is 23.1 Å². The van der Waals surface area contributed by atoms with E-state index in [-0.39, 0.29) is 29.9 Å². The van der Waals surface area contributed by atoms with Crippen molar-refractivity contribution in [1.29, 1.82) is 0 Å². The molecular formula is C22H25N5O6S3. The summed E-state index contributed by atoms with van der Waals surface area (Å²) in [6.45, 7) is 1.32. The van der Waals surface area contributed by atoms with Crippen LogP contribution < -0.4 is 10.0 Å². The van der Waals surface area contributed by atoms with E-state index in [1.807, 2.05) is 5.38 Å². The van der Waals surface area contributed by atoms with Crippen LogP contribution in [0, 0.1) is 0 Å². The topological polar surface area (TPSA) is 141 Å². The monoisotopic (exact) mass is 551 g/mol. The normalized spacial score (nSPS) is 16.2. The number of aromatic nitrogens is 2. The second-order valence-corrected chi connectivity index (χ2v) is 11.5. The van der Waals surface area contributed by atoms with E-state index in [0.29, 0.717) is 28.9 Å². The van der Waals surface area contributed by atoms with Gasteiger partial charge in [-0.05, 0) is 25.0 Å². The zero-order valence-corrected chi connectivity index (χ0v) is 21.8. The first-order valence-corrected chi connectivity index (χ1v) is 14.2. The molecule has 1 amide bonds. The number of rotatable bonds is 12. The van der Waals surface area contributed by atoms with Gasteiger partial charge in [0, 0.05) is 43.6 Å². The third-order valence-corrected chi connectivity index (χ3v) is 8.14. The first-order chi connectivity index (χ1) is 17.4. The molecule has 0 unspecified atom stereocenters. The number of benzene rings is 1. The molecule has 14 heteroatoms. The maximum atomic E-state index is 13.1. The van der Waals surface area contributed by atoms with Crippen molar-refractivity contribution in [3.63, 3.8) is 0 Å². The van der Waals surface area contributed by atoms with Crippen molar-refractivity contribution in [2.24, 2.45) is 5.16 Å². The molecule has 192 valence electrons. The van der Waals surface area contributed by atoms with E-state index in [9.17, 15) is 13.2 Å². The van der Waals surface area contributed by atoms with Crippen LogP contribution >= 0.6 is 22.7 Å². The summed E-state index contributed by atoms with van der Waals surface area (Å²) in [7, 11) is -2.16. The molecule has 1 atom stereocenters. The number of carbonyl (C=O) groups excluding carboxylic acids is 1. The minimum absolute atomic E-state index is 0.0358. The minimum Gasteiger partial charge on any atom is -0.388 e. The largest absolute Gasteiger partial charge is 0.388 e. The van der Waals surface area contributed by atoms with Crippen molar-refractivity contribution >= 4 is 49.4 Å². The number of sulfonamides is 1. The zero-order chi connectivity index (χ0) is 25.4. The smallest absolute Gasteiger partial charge is 0.280 e. The quantitative estimate of drug-likeness (QED) is 0.259. The lowest BCUT2D eigenvalue weighted by molar-refractivity contribution is -0.110. The molecule has 1 aromatic carbocycles.